The molecule has 0 radical (unpaired) electrons. The van der Waals surface area contributed by atoms with Crippen LogP contribution < -0.4 is 0 Å². The zero-order chi connectivity index (χ0) is 18.4. The third-order valence-electron chi connectivity index (χ3n) is 5.40. The Morgan fingerprint density at radius 1 is 1.15 bits per heavy atom. The number of hydrogen-bond acceptors (Lipinski definition) is 4. The number of hydrogen-bond donors (Lipinski definition) is 0. The number of carbonyl (C=O) groups excluding carboxylic acids is 2. The van der Waals surface area contributed by atoms with Gasteiger partial charge in [-0.15, -0.1) is 0 Å². The Morgan fingerprint density at radius 3 is 2.50 bits per heavy atom. The van der Waals surface area contributed by atoms with Gasteiger partial charge in [0.15, 0.2) is 0 Å². The van der Waals surface area contributed by atoms with E-state index in [1.807, 2.05) is 21.9 Å². The second kappa shape index (κ2) is 9.40. The lowest BCUT2D eigenvalue weighted by Crippen LogP contribution is -2.42. The van der Waals surface area contributed by atoms with E-state index >= 15 is 0 Å². The number of nitrogens with zero attached hydrogens (tertiary/aromatic N) is 3. The van der Waals surface area contributed by atoms with Crippen LogP contribution in [0.25, 0.3) is 0 Å². The molecule has 1 saturated carbocycles. The molecule has 2 heterocycles. The molecule has 2 fully saturated rings. The van der Waals surface area contributed by atoms with Crippen LogP contribution in [0.15, 0.2) is 23.4 Å². The van der Waals surface area contributed by atoms with Crippen molar-refractivity contribution in [3.63, 3.8) is 0 Å². The predicted octanol–water partition coefficient (Wildman–Crippen LogP) is 3.59. The van der Waals surface area contributed by atoms with E-state index in [-0.39, 0.29) is 11.8 Å². The van der Waals surface area contributed by atoms with Crippen LogP contribution >= 0.6 is 11.8 Å². The first kappa shape index (κ1) is 19.2. The lowest BCUT2D eigenvalue weighted by Gasteiger charge is -2.33. The standard InChI is InChI=1S/C20H29N3O2S/c1-2-23(17-8-4-3-5-9-17)19(24)15-26-18-11-10-16(14-21-18)20(25)22-12-6-7-13-22/h10-11,14,17H,2-9,12-13,15H2,1H3. The first-order chi connectivity index (χ1) is 12.7. The molecule has 5 nitrogen and oxygen atoms in total. The van der Waals surface area contributed by atoms with Crippen molar-refractivity contribution >= 4 is 23.6 Å². The molecular weight excluding hydrogens is 346 g/mol. The van der Waals surface area contributed by atoms with E-state index < -0.39 is 0 Å². The molecule has 26 heavy (non-hydrogen) atoms. The summed E-state index contributed by atoms with van der Waals surface area (Å²) in [7, 11) is 0. The van der Waals surface area contributed by atoms with Gasteiger partial charge in [-0.3, -0.25) is 9.59 Å². The van der Waals surface area contributed by atoms with Crippen molar-refractivity contribution in [1.82, 2.24) is 14.8 Å². The molecule has 0 unspecified atom stereocenters. The van der Waals surface area contributed by atoms with E-state index in [9.17, 15) is 9.59 Å². The Hall–Kier alpha value is -1.56. The number of thioether (sulfide) groups is 1. The third-order valence-corrected chi connectivity index (χ3v) is 6.33. The molecule has 142 valence electrons. The highest BCUT2D eigenvalue weighted by atomic mass is 32.2. The molecular formula is C20H29N3O2S. The summed E-state index contributed by atoms with van der Waals surface area (Å²) >= 11 is 1.46. The molecule has 1 saturated heterocycles. The van der Waals surface area contributed by atoms with Crippen LogP contribution in [-0.2, 0) is 4.79 Å². The van der Waals surface area contributed by atoms with Crippen LogP contribution in [0.2, 0.25) is 0 Å². The maximum Gasteiger partial charge on any atom is 0.255 e. The number of pyridine rings is 1. The van der Waals surface area contributed by atoms with Gasteiger partial charge < -0.3 is 9.80 Å². The molecule has 1 aliphatic carbocycles. The summed E-state index contributed by atoms with van der Waals surface area (Å²) in [6.45, 7) is 4.53. The Balaban J connectivity index is 1.52. The molecule has 1 aromatic rings. The molecule has 1 aromatic heterocycles. The maximum absolute atomic E-state index is 12.6. The molecule has 1 aliphatic heterocycles. The van der Waals surface area contributed by atoms with Crippen molar-refractivity contribution in [3.8, 4) is 0 Å². The summed E-state index contributed by atoms with van der Waals surface area (Å²) in [5, 5.41) is 0.802. The SMILES string of the molecule is CCN(C(=O)CSc1ccc(C(=O)N2CCCC2)cn1)C1CCCCC1. The summed E-state index contributed by atoms with van der Waals surface area (Å²) in [6.07, 6.45) is 9.85. The first-order valence-corrected chi connectivity index (χ1v) is 10.8. The van der Waals surface area contributed by atoms with Gasteiger partial charge in [0.05, 0.1) is 16.3 Å². The quantitative estimate of drug-likeness (QED) is 0.713. The normalized spacial score (nSPS) is 18.1. The van der Waals surface area contributed by atoms with Gasteiger partial charge in [-0.1, -0.05) is 31.0 Å². The number of rotatable bonds is 6. The van der Waals surface area contributed by atoms with Crippen LogP contribution in [0.3, 0.4) is 0 Å². The number of carbonyl (C=O) groups is 2. The van der Waals surface area contributed by atoms with Crippen LogP contribution in [0.4, 0.5) is 0 Å². The number of amides is 2. The highest BCUT2D eigenvalue weighted by Crippen LogP contribution is 2.24. The lowest BCUT2D eigenvalue weighted by atomic mass is 9.94. The van der Waals surface area contributed by atoms with Gasteiger partial charge in [0.2, 0.25) is 5.91 Å². The van der Waals surface area contributed by atoms with Gasteiger partial charge in [0.25, 0.3) is 5.91 Å². The zero-order valence-corrected chi connectivity index (χ0v) is 16.5. The topological polar surface area (TPSA) is 53.5 Å². The molecule has 6 heteroatoms. The van der Waals surface area contributed by atoms with Crippen molar-refractivity contribution in [2.45, 2.75) is 62.9 Å². The number of likely N-dealkylation sites (tertiary alicyclic amines) is 1. The molecule has 0 spiro atoms. The minimum Gasteiger partial charge on any atom is -0.339 e. The van der Waals surface area contributed by atoms with Gasteiger partial charge in [-0.2, -0.15) is 0 Å². The van der Waals surface area contributed by atoms with E-state index in [0.717, 1.165) is 50.3 Å². The van der Waals surface area contributed by atoms with E-state index in [0.29, 0.717) is 17.4 Å². The Morgan fingerprint density at radius 2 is 1.88 bits per heavy atom. The summed E-state index contributed by atoms with van der Waals surface area (Å²) < 4.78 is 0. The summed E-state index contributed by atoms with van der Waals surface area (Å²) in [6, 6.07) is 4.10. The molecule has 2 amide bonds. The average Bonchev–Trinajstić information content (AvgIpc) is 3.22. The summed E-state index contributed by atoms with van der Waals surface area (Å²) in [5.74, 6) is 0.678. The largest absolute Gasteiger partial charge is 0.339 e. The van der Waals surface area contributed by atoms with E-state index in [4.69, 9.17) is 0 Å². The van der Waals surface area contributed by atoms with E-state index in [1.165, 1.54) is 31.0 Å². The fraction of sp³-hybridized carbons (Fsp3) is 0.650. The first-order valence-electron chi connectivity index (χ1n) is 9.86. The molecule has 3 rings (SSSR count). The smallest absolute Gasteiger partial charge is 0.255 e. The second-order valence-corrected chi connectivity index (χ2v) is 8.14. The molecule has 0 N–H and O–H groups in total. The molecule has 2 aliphatic rings. The van der Waals surface area contributed by atoms with Gasteiger partial charge in [-0.05, 0) is 44.7 Å². The Kier molecular flexibility index (Phi) is 6.94. The van der Waals surface area contributed by atoms with Crippen molar-refractivity contribution < 1.29 is 9.59 Å². The highest BCUT2D eigenvalue weighted by Gasteiger charge is 2.24. The van der Waals surface area contributed by atoms with Crippen LogP contribution in [-0.4, -0.2) is 58.0 Å². The minimum absolute atomic E-state index is 0.0667. The zero-order valence-electron chi connectivity index (χ0n) is 15.7. The number of aromatic nitrogens is 1. The average molecular weight is 376 g/mol. The predicted molar refractivity (Wildman–Crippen MR) is 104 cm³/mol. The minimum atomic E-state index is 0.0667. The van der Waals surface area contributed by atoms with Crippen molar-refractivity contribution in [2.75, 3.05) is 25.4 Å². The van der Waals surface area contributed by atoms with E-state index in [2.05, 4.69) is 11.9 Å². The lowest BCUT2D eigenvalue weighted by molar-refractivity contribution is -0.131. The van der Waals surface area contributed by atoms with E-state index in [1.54, 1.807) is 6.20 Å². The Labute approximate surface area is 160 Å². The monoisotopic (exact) mass is 375 g/mol. The molecule has 0 atom stereocenters. The van der Waals surface area contributed by atoms with Crippen LogP contribution in [0.1, 0.15) is 62.2 Å². The highest BCUT2D eigenvalue weighted by molar-refractivity contribution is 7.99. The van der Waals surface area contributed by atoms with Gasteiger partial charge in [-0.25, -0.2) is 4.98 Å². The van der Waals surface area contributed by atoms with Crippen molar-refractivity contribution in [2.24, 2.45) is 0 Å². The maximum atomic E-state index is 12.6. The third kappa shape index (κ3) is 4.78. The van der Waals surface area contributed by atoms with Gasteiger partial charge in [0, 0.05) is 31.9 Å². The van der Waals surface area contributed by atoms with Crippen LogP contribution in [0.5, 0.6) is 0 Å². The van der Waals surface area contributed by atoms with Crippen LogP contribution in [0, 0.1) is 0 Å². The summed E-state index contributed by atoms with van der Waals surface area (Å²) in [5.41, 5.74) is 0.639. The fourth-order valence-corrected chi connectivity index (χ4v) is 4.67. The second-order valence-electron chi connectivity index (χ2n) is 7.14. The van der Waals surface area contributed by atoms with Gasteiger partial charge in [0.1, 0.15) is 0 Å². The molecule has 0 aromatic carbocycles. The fourth-order valence-electron chi connectivity index (χ4n) is 3.94. The summed E-state index contributed by atoms with van der Waals surface area (Å²) in [4.78, 5) is 33.3. The van der Waals surface area contributed by atoms with Gasteiger partial charge >= 0.3 is 0 Å². The van der Waals surface area contributed by atoms with Crippen molar-refractivity contribution in [1.29, 1.82) is 0 Å². The Bertz CT molecular complexity index is 608. The molecule has 0 bridgehead atoms. The van der Waals surface area contributed by atoms with Crippen molar-refractivity contribution in [3.05, 3.63) is 23.9 Å².